The molecular formula is C10H12Cl2N+. The first-order valence-electron chi connectivity index (χ1n) is 4.03. The van der Waals surface area contributed by atoms with Crippen molar-refractivity contribution in [2.24, 2.45) is 0 Å². The quantitative estimate of drug-likeness (QED) is 0.529. The second kappa shape index (κ2) is 4.64. The summed E-state index contributed by atoms with van der Waals surface area (Å²) in [6.45, 7) is 4.10. The van der Waals surface area contributed by atoms with E-state index in [0.717, 1.165) is 0 Å². The molecule has 0 aliphatic rings. The first-order chi connectivity index (χ1) is 6.11. The number of hydrogen-bond donors (Lipinski definition) is 0. The predicted octanol–water partition coefficient (Wildman–Crippen LogP) is 2.87. The molecule has 0 bridgehead atoms. The SMILES string of the molecule is Cc1cc(C)c[n+](C=C(Cl)CCl)c1. The van der Waals surface area contributed by atoms with E-state index >= 15 is 0 Å². The van der Waals surface area contributed by atoms with E-state index in [1.165, 1.54) is 11.1 Å². The molecule has 0 aliphatic carbocycles. The molecule has 0 unspecified atom stereocenters. The van der Waals surface area contributed by atoms with E-state index in [1.807, 2.05) is 37.0 Å². The van der Waals surface area contributed by atoms with Gasteiger partial charge in [-0.05, 0) is 19.9 Å². The van der Waals surface area contributed by atoms with E-state index in [0.29, 0.717) is 10.9 Å². The molecule has 1 aromatic heterocycles. The fourth-order valence-electron chi connectivity index (χ4n) is 1.21. The molecule has 1 aromatic rings. The van der Waals surface area contributed by atoms with Gasteiger partial charge >= 0.3 is 0 Å². The van der Waals surface area contributed by atoms with Gasteiger partial charge in [-0.1, -0.05) is 11.6 Å². The lowest BCUT2D eigenvalue weighted by Crippen LogP contribution is -2.26. The molecule has 3 heteroatoms. The predicted molar refractivity (Wildman–Crippen MR) is 57.0 cm³/mol. The minimum absolute atomic E-state index is 0.349. The van der Waals surface area contributed by atoms with Crippen molar-refractivity contribution in [2.45, 2.75) is 13.8 Å². The standard InChI is InChI=1S/C10H12Cl2N/c1-8-3-9(2)6-13(5-8)7-10(12)4-11/h3,5-7H,4H2,1-2H3/q+1. The van der Waals surface area contributed by atoms with Crippen LogP contribution in [0.25, 0.3) is 6.20 Å². The maximum Gasteiger partial charge on any atom is 0.190 e. The second-order valence-corrected chi connectivity index (χ2v) is 3.80. The number of aromatic nitrogens is 1. The summed E-state index contributed by atoms with van der Waals surface area (Å²) < 4.78 is 1.93. The Hall–Kier alpha value is -0.530. The molecule has 0 aliphatic heterocycles. The van der Waals surface area contributed by atoms with Gasteiger partial charge in [-0.2, -0.15) is 4.57 Å². The van der Waals surface area contributed by atoms with Crippen molar-refractivity contribution in [1.29, 1.82) is 0 Å². The van der Waals surface area contributed by atoms with Gasteiger partial charge in [-0.3, -0.25) is 0 Å². The van der Waals surface area contributed by atoms with E-state index in [1.54, 1.807) is 0 Å². The second-order valence-electron chi connectivity index (χ2n) is 3.05. The largest absolute Gasteiger partial charge is 0.190 e. The summed E-state index contributed by atoms with van der Waals surface area (Å²) in [5, 5.41) is 0.636. The maximum absolute atomic E-state index is 5.81. The Morgan fingerprint density at radius 2 is 1.92 bits per heavy atom. The fourth-order valence-corrected chi connectivity index (χ4v) is 1.39. The Bertz CT molecular complexity index is 311. The van der Waals surface area contributed by atoms with Gasteiger partial charge in [-0.15, -0.1) is 11.6 Å². The van der Waals surface area contributed by atoms with E-state index < -0.39 is 0 Å². The highest BCUT2D eigenvalue weighted by molar-refractivity contribution is 6.36. The Labute approximate surface area is 88.6 Å². The maximum atomic E-state index is 5.81. The van der Waals surface area contributed by atoms with Gasteiger partial charge in [-0.25, -0.2) is 0 Å². The van der Waals surface area contributed by atoms with Crippen LogP contribution in [0, 0.1) is 13.8 Å². The summed E-state index contributed by atoms with van der Waals surface area (Å²) in [6, 6.07) is 2.11. The van der Waals surface area contributed by atoms with E-state index in [2.05, 4.69) is 6.07 Å². The highest BCUT2D eigenvalue weighted by Crippen LogP contribution is 2.03. The van der Waals surface area contributed by atoms with Crippen LogP contribution >= 0.6 is 23.2 Å². The summed E-state index contributed by atoms with van der Waals surface area (Å²) >= 11 is 11.4. The zero-order valence-electron chi connectivity index (χ0n) is 7.72. The third-order valence-corrected chi connectivity index (χ3v) is 2.23. The Morgan fingerprint density at radius 1 is 1.38 bits per heavy atom. The lowest BCUT2D eigenvalue weighted by molar-refractivity contribution is -0.569. The summed E-state index contributed by atoms with van der Waals surface area (Å²) in [5.41, 5.74) is 2.41. The zero-order chi connectivity index (χ0) is 9.84. The molecule has 0 spiro atoms. The monoisotopic (exact) mass is 216 g/mol. The molecule has 0 fully saturated rings. The van der Waals surface area contributed by atoms with Crippen molar-refractivity contribution in [3.63, 3.8) is 0 Å². The van der Waals surface area contributed by atoms with E-state index in [9.17, 15) is 0 Å². The van der Waals surface area contributed by atoms with Gasteiger partial charge in [0.25, 0.3) is 0 Å². The summed E-state index contributed by atoms with van der Waals surface area (Å²) in [6.07, 6.45) is 5.82. The van der Waals surface area contributed by atoms with E-state index in [4.69, 9.17) is 23.2 Å². The Balaban J connectivity index is 3.02. The van der Waals surface area contributed by atoms with Crippen molar-refractivity contribution < 1.29 is 4.57 Å². The number of allylic oxidation sites excluding steroid dienone is 1. The topological polar surface area (TPSA) is 3.88 Å². The molecule has 0 N–H and O–H groups in total. The molecule has 0 atom stereocenters. The summed E-state index contributed by atoms with van der Waals surface area (Å²) in [7, 11) is 0. The van der Waals surface area contributed by atoms with Crippen LogP contribution < -0.4 is 4.57 Å². The Morgan fingerprint density at radius 3 is 2.38 bits per heavy atom. The van der Waals surface area contributed by atoms with Crippen LogP contribution in [0.1, 0.15) is 11.1 Å². The van der Waals surface area contributed by atoms with Crippen LogP contribution in [-0.4, -0.2) is 5.88 Å². The molecule has 1 nitrogen and oxygen atoms in total. The lowest BCUT2D eigenvalue weighted by Gasteiger charge is -1.94. The van der Waals surface area contributed by atoms with Gasteiger partial charge in [0, 0.05) is 11.1 Å². The molecule has 0 saturated carbocycles. The third-order valence-electron chi connectivity index (χ3n) is 1.58. The zero-order valence-corrected chi connectivity index (χ0v) is 9.23. The lowest BCUT2D eigenvalue weighted by atomic mass is 10.2. The van der Waals surface area contributed by atoms with E-state index in [-0.39, 0.29) is 0 Å². The Kier molecular flexibility index (Phi) is 3.76. The number of rotatable bonds is 2. The number of aryl methyl sites for hydroxylation is 2. The van der Waals surface area contributed by atoms with Crippen LogP contribution in [0.15, 0.2) is 23.5 Å². The van der Waals surface area contributed by atoms with Crippen LogP contribution in [0.3, 0.4) is 0 Å². The van der Waals surface area contributed by atoms with Crippen molar-refractivity contribution in [2.75, 3.05) is 5.88 Å². The molecule has 1 rings (SSSR count). The average Bonchev–Trinajstić information content (AvgIpc) is 2.02. The minimum Gasteiger partial charge on any atom is -0.172 e. The van der Waals surface area contributed by atoms with Gasteiger partial charge < -0.3 is 0 Å². The van der Waals surface area contributed by atoms with Gasteiger partial charge in [0.1, 0.15) is 0 Å². The number of alkyl halides is 1. The molecule has 1 heterocycles. The molecule has 0 amide bonds. The van der Waals surface area contributed by atoms with Crippen molar-refractivity contribution in [3.05, 3.63) is 34.6 Å². The highest BCUT2D eigenvalue weighted by atomic mass is 35.5. The smallest absolute Gasteiger partial charge is 0.172 e. The first-order valence-corrected chi connectivity index (χ1v) is 4.94. The van der Waals surface area contributed by atoms with Crippen LogP contribution in [0.2, 0.25) is 0 Å². The molecule has 0 saturated heterocycles. The van der Waals surface area contributed by atoms with Gasteiger partial charge in [0.05, 0.1) is 10.9 Å². The first kappa shape index (κ1) is 10.6. The summed E-state index contributed by atoms with van der Waals surface area (Å²) in [5.74, 6) is 0.349. The normalized spacial score (nSPS) is 11.8. The van der Waals surface area contributed by atoms with Gasteiger partial charge in [0.15, 0.2) is 18.6 Å². The number of halogens is 2. The van der Waals surface area contributed by atoms with Gasteiger partial charge in [0.2, 0.25) is 0 Å². The third kappa shape index (κ3) is 3.37. The number of pyridine rings is 1. The van der Waals surface area contributed by atoms with Crippen molar-refractivity contribution in [3.8, 4) is 0 Å². The molecule has 0 radical (unpaired) electrons. The molecule has 70 valence electrons. The summed E-state index contributed by atoms with van der Waals surface area (Å²) in [4.78, 5) is 0. The van der Waals surface area contributed by atoms with Crippen LogP contribution in [0.5, 0.6) is 0 Å². The van der Waals surface area contributed by atoms with Crippen LogP contribution in [-0.2, 0) is 0 Å². The average molecular weight is 217 g/mol. The fraction of sp³-hybridized carbons (Fsp3) is 0.300. The van der Waals surface area contributed by atoms with Crippen molar-refractivity contribution >= 4 is 29.4 Å². The minimum atomic E-state index is 0.349. The highest BCUT2D eigenvalue weighted by Gasteiger charge is 2.01. The number of nitrogens with zero attached hydrogens (tertiary/aromatic N) is 1. The molecular weight excluding hydrogens is 205 g/mol. The van der Waals surface area contributed by atoms with Crippen LogP contribution in [0.4, 0.5) is 0 Å². The molecule has 0 aromatic carbocycles. The van der Waals surface area contributed by atoms with Crippen molar-refractivity contribution in [1.82, 2.24) is 0 Å². The number of hydrogen-bond acceptors (Lipinski definition) is 0. The molecule has 13 heavy (non-hydrogen) atoms.